The monoisotopic (exact) mass is 257 g/mol. The molecular weight excluding hydrogens is 234 g/mol. The van der Waals surface area contributed by atoms with E-state index in [1.807, 2.05) is 18.7 Å². The van der Waals surface area contributed by atoms with Crippen molar-refractivity contribution in [1.29, 1.82) is 0 Å². The van der Waals surface area contributed by atoms with Crippen LogP contribution in [0.1, 0.15) is 31.5 Å². The number of nitrogens with zero attached hydrogens (tertiary/aromatic N) is 2. The van der Waals surface area contributed by atoms with Crippen molar-refractivity contribution in [2.24, 2.45) is 7.05 Å². The van der Waals surface area contributed by atoms with Crippen LogP contribution in [0, 0.1) is 0 Å². The highest BCUT2D eigenvalue weighted by Gasteiger charge is 2.07. The van der Waals surface area contributed by atoms with Gasteiger partial charge in [0, 0.05) is 47.7 Å². The number of aromatic nitrogens is 2. The van der Waals surface area contributed by atoms with Crippen molar-refractivity contribution in [3.63, 3.8) is 0 Å². The molecule has 0 bridgehead atoms. The number of hydrogen-bond donors (Lipinski definition) is 1. The van der Waals surface area contributed by atoms with Gasteiger partial charge in [0.15, 0.2) is 0 Å². The Morgan fingerprint density at radius 2 is 2.29 bits per heavy atom. The number of nitrogens with one attached hydrogen (secondary N) is 1. The predicted molar refractivity (Wildman–Crippen MR) is 72.4 cm³/mol. The summed E-state index contributed by atoms with van der Waals surface area (Å²) in [7, 11) is 1.23. The molecule has 0 amide bonds. The average Bonchev–Trinajstić information content (AvgIpc) is 2.64. The van der Waals surface area contributed by atoms with E-state index in [2.05, 4.69) is 23.5 Å². The average molecular weight is 257 g/mol. The lowest BCUT2D eigenvalue weighted by Gasteiger charge is -2.08. The van der Waals surface area contributed by atoms with Gasteiger partial charge in [-0.2, -0.15) is 5.10 Å². The van der Waals surface area contributed by atoms with E-state index in [1.54, 1.807) is 6.26 Å². The second-order valence-corrected chi connectivity index (χ2v) is 6.20. The molecule has 17 heavy (non-hydrogen) atoms. The highest BCUT2D eigenvalue weighted by Crippen LogP contribution is 2.06. The summed E-state index contributed by atoms with van der Waals surface area (Å²) in [6.07, 6.45) is 5.74. The molecule has 2 atom stereocenters. The fourth-order valence-electron chi connectivity index (χ4n) is 1.72. The molecule has 1 heterocycles. The van der Waals surface area contributed by atoms with Crippen LogP contribution in [0.2, 0.25) is 0 Å². The minimum atomic E-state index is -0.717. The third-order valence-electron chi connectivity index (χ3n) is 2.94. The highest BCUT2D eigenvalue weighted by molar-refractivity contribution is 7.84. The first-order valence-corrected chi connectivity index (χ1v) is 7.71. The largest absolute Gasteiger partial charge is 0.313 e. The molecule has 1 aromatic rings. The van der Waals surface area contributed by atoms with Crippen LogP contribution >= 0.6 is 0 Å². The Balaban J connectivity index is 2.33. The molecule has 0 fully saturated rings. The van der Waals surface area contributed by atoms with E-state index in [4.69, 9.17) is 0 Å². The molecule has 1 rings (SSSR count). The van der Waals surface area contributed by atoms with Gasteiger partial charge in [-0.1, -0.05) is 13.8 Å². The van der Waals surface area contributed by atoms with Crippen LogP contribution in [0.25, 0.3) is 0 Å². The molecule has 1 N–H and O–H groups in total. The first-order chi connectivity index (χ1) is 8.04. The summed E-state index contributed by atoms with van der Waals surface area (Å²) in [4.78, 5) is 0. The normalized spacial score (nSPS) is 14.8. The maximum Gasteiger partial charge on any atom is 0.0666 e. The van der Waals surface area contributed by atoms with Gasteiger partial charge < -0.3 is 5.32 Å². The van der Waals surface area contributed by atoms with E-state index in [1.165, 1.54) is 5.56 Å². The molecule has 98 valence electrons. The Labute approximate surface area is 106 Å². The van der Waals surface area contributed by atoms with Crippen molar-refractivity contribution in [1.82, 2.24) is 15.1 Å². The predicted octanol–water partition coefficient (Wildman–Crippen LogP) is 1.23. The minimum Gasteiger partial charge on any atom is -0.313 e. The molecule has 0 aromatic carbocycles. The van der Waals surface area contributed by atoms with Crippen molar-refractivity contribution in [2.75, 3.05) is 12.8 Å². The van der Waals surface area contributed by atoms with Crippen LogP contribution in [0.3, 0.4) is 0 Å². The zero-order valence-electron chi connectivity index (χ0n) is 11.2. The smallest absolute Gasteiger partial charge is 0.0666 e. The van der Waals surface area contributed by atoms with Gasteiger partial charge in [-0.3, -0.25) is 8.89 Å². The summed E-state index contributed by atoms with van der Waals surface area (Å²) >= 11 is 0. The summed E-state index contributed by atoms with van der Waals surface area (Å²) in [5, 5.41) is 8.05. The molecular formula is C12H23N3OS. The summed E-state index contributed by atoms with van der Waals surface area (Å²) in [5.74, 6) is 0. The lowest BCUT2D eigenvalue weighted by Crippen LogP contribution is -2.21. The molecule has 0 spiro atoms. The van der Waals surface area contributed by atoms with Crippen molar-refractivity contribution in [3.8, 4) is 0 Å². The van der Waals surface area contributed by atoms with E-state index >= 15 is 0 Å². The molecule has 5 heteroatoms. The third kappa shape index (κ3) is 4.60. The fraction of sp³-hybridized carbons (Fsp3) is 0.750. The van der Waals surface area contributed by atoms with Gasteiger partial charge >= 0.3 is 0 Å². The second kappa shape index (κ2) is 6.91. The number of hydrogen-bond acceptors (Lipinski definition) is 3. The lowest BCUT2D eigenvalue weighted by atomic mass is 10.2. The number of aryl methyl sites for hydroxylation is 2. The minimum absolute atomic E-state index is 0.266. The standard InChI is InChI=1S/C12H23N3OS/c1-5-12-11(9-15(3)14-12)8-13-7-6-10(2)17(4)16/h9-10,13H,5-8H2,1-4H3. The van der Waals surface area contributed by atoms with E-state index < -0.39 is 10.8 Å². The van der Waals surface area contributed by atoms with E-state index in [0.29, 0.717) is 0 Å². The zero-order valence-corrected chi connectivity index (χ0v) is 12.0. The topological polar surface area (TPSA) is 46.9 Å². The molecule has 0 radical (unpaired) electrons. The van der Waals surface area contributed by atoms with Crippen molar-refractivity contribution in [2.45, 2.75) is 38.5 Å². The third-order valence-corrected chi connectivity index (χ3v) is 4.31. The van der Waals surface area contributed by atoms with Crippen LogP contribution in [-0.4, -0.2) is 32.0 Å². The molecule has 0 aliphatic carbocycles. The molecule has 0 saturated carbocycles. The molecule has 2 unspecified atom stereocenters. The Bertz CT molecular complexity index is 376. The van der Waals surface area contributed by atoms with Gasteiger partial charge in [-0.05, 0) is 19.4 Å². The molecule has 0 saturated heterocycles. The van der Waals surface area contributed by atoms with Gasteiger partial charge in [-0.15, -0.1) is 0 Å². The maximum absolute atomic E-state index is 11.2. The van der Waals surface area contributed by atoms with Gasteiger partial charge in [0.1, 0.15) is 0 Å². The summed E-state index contributed by atoms with van der Waals surface area (Å²) < 4.78 is 13.0. The van der Waals surface area contributed by atoms with Crippen LogP contribution in [0.15, 0.2) is 6.20 Å². The summed E-state index contributed by atoms with van der Waals surface area (Å²) in [6.45, 7) is 5.90. The summed E-state index contributed by atoms with van der Waals surface area (Å²) in [5.41, 5.74) is 2.42. The Hall–Kier alpha value is -0.680. The Morgan fingerprint density at radius 3 is 2.88 bits per heavy atom. The molecule has 0 aliphatic heterocycles. The highest BCUT2D eigenvalue weighted by atomic mass is 32.2. The molecule has 0 aliphatic rings. The SMILES string of the molecule is CCc1nn(C)cc1CNCCC(C)S(C)=O. The first kappa shape index (κ1) is 14.4. The van der Waals surface area contributed by atoms with Crippen LogP contribution < -0.4 is 5.32 Å². The fourth-order valence-corrected chi connectivity index (χ4v) is 2.17. The van der Waals surface area contributed by atoms with Crippen LogP contribution in [0.4, 0.5) is 0 Å². The van der Waals surface area contributed by atoms with Crippen molar-refractivity contribution < 1.29 is 4.21 Å². The maximum atomic E-state index is 11.2. The first-order valence-electron chi connectivity index (χ1n) is 6.09. The Morgan fingerprint density at radius 1 is 1.59 bits per heavy atom. The molecule has 1 aromatic heterocycles. The van der Waals surface area contributed by atoms with E-state index in [9.17, 15) is 4.21 Å². The van der Waals surface area contributed by atoms with E-state index in [0.717, 1.165) is 31.6 Å². The van der Waals surface area contributed by atoms with Gasteiger partial charge in [-0.25, -0.2) is 0 Å². The van der Waals surface area contributed by atoms with Gasteiger partial charge in [0.25, 0.3) is 0 Å². The zero-order chi connectivity index (χ0) is 12.8. The Kier molecular flexibility index (Phi) is 5.85. The van der Waals surface area contributed by atoms with Gasteiger partial charge in [0.2, 0.25) is 0 Å². The van der Waals surface area contributed by atoms with Crippen LogP contribution in [0.5, 0.6) is 0 Å². The van der Waals surface area contributed by atoms with Crippen molar-refractivity contribution in [3.05, 3.63) is 17.5 Å². The number of rotatable bonds is 7. The van der Waals surface area contributed by atoms with E-state index in [-0.39, 0.29) is 5.25 Å². The van der Waals surface area contributed by atoms with Gasteiger partial charge in [0.05, 0.1) is 5.69 Å². The lowest BCUT2D eigenvalue weighted by molar-refractivity contribution is 0.627. The van der Waals surface area contributed by atoms with Crippen molar-refractivity contribution >= 4 is 10.8 Å². The molecule has 4 nitrogen and oxygen atoms in total. The quantitative estimate of drug-likeness (QED) is 0.747. The summed E-state index contributed by atoms with van der Waals surface area (Å²) in [6, 6.07) is 0. The second-order valence-electron chi connectivity index (χ2n) is 4.40. The van der Waals surface area contributed by atoms with Crippen LogP contribution in [-0.2, 0) is 30.8 Å².